The SMILES string of the molecule is CC(C(=O)O[C@@H]1CC[N+](C)(C)C(C2=CO2)C1)(c1ccccc1)c1ccccc1. The van der Waals surface area contributed by atoms with Gasteiger partial charge in [0, 0.05) is 12.8 Å². The summed E-state index contributed by atoms with van der Waals surface area (Å²) in [5.41, 5.74) is 1.06. The minimum atomic E-state index is -0.838. The molecule has 146 valence electrons. The van der Waals surface area contributed by atoms with Crippen LogP contribution in [0.4, 0.5) is 0 Å². The Labute approximate surface area is 167 Å². The highest BCUT2D eigenvalue weighted by molar-refractivity contribution is 5.87. The maximum Gasteiger partial charge on any atom is 0.321 e. The van der Waals surface area contributed by atoms with Crippen molar-refractivity contribution in [3.05, 3.63) is 83.8 Å². The molecule has 0 N–H and O–H groups in total. The molecule has 0 spiro atoms. The van der Waals surface area contributed by atoms with E-state index < -0.39 is 5.41 Å². The Morgan fingerprint density at radius 1 is 1.04 bits per heavy atom. The number of nitrogens with zero attached hydrogens (tertiary/aromatic N) is 1. The maximum absolute atomic E-state index is 13.5. The monoisotopic (exact) mass is 378 g/mol. The number of hydrogen-bond acceptors (Lipinski definition) is 3. The molecule has 1 fully saturated rings. The standard InChI is InChI=1S/C24H28NO3/c1-24(18-10-6-4-7-11-18,19-12-8-5-9-13-19)23(26)28-20-14-15-25(2,3)21(16-20)22-17-27-22/h4-13,17,20-21H,14-16H2,1-3H3/q+1/t20-,21?/m1/s1. The second-order valence-corrected chi connectivity index (χ2v) is 8.56. The molecule has 1 saturated heterocycles. The molecule has 4 rings (SSSR count). The summed E-state index contributed by atoms with van der Waals surface area (Å²) in [6.45, 7) is 2.92. The van der Waals surface area contributed by atoms with Crippen molar-refractivity contribution in [1.82, 2.24) is 0 Å². The van der Waals surface area contributed by atoms with Crippen LogP contribution in [-0.4, -0.2) is 43.2 Å². The topological polar surface area (TPSA) is 38.8 Å². The lowest BCUT2D eigenvalue weighted by molar-refractivity contribution is -0.916. The number of carbonyl (C=O) groups excluding carboxylic acids is 1. The number of carbonyl (C=O) groups is 1. The van der Waals surface area contributed by atoms with Crippen LogP contribution in [0.2, 0.25) is 0 Å². The van der Waals surface area contributed by atoms with Gasteiger partial charge < -0.3 is 14.0 Å². The van der Waals surface area contributed by atoms with Gasteiger partial charge in [-0.3, -0.25) is 4.79 Å². The summed E-state index contributed by atoms with van der Waals surface area (Å²) >= 11 is 0. The van der Waals surface area contributed by atoms with E-state index in [1.807, 2.05) is 73.8 Å². The maximum atomic E-state index is 13.5. The van der Waals surface area contributed by atoms with Gasteiger partial charge in [0.25, 0.3) is 0 Å². The number of benzene rings is 2. The van der Waals surface area contributed by atoms with Gasteiger partial charge in [-0.2, -0.15) is 0 Å². The van der Waals surface area contributed by atoms with E-state index in [2.05, 4.69) is 14.1 Å². The molecule has 0 radical (unpaired) electrons. The largest absolute Gasteiger partial charge is 0.461 e. The van der Waals surface area contributed by atoms with Gasteiger partial charge in [0.05, 0.1) is 20.6 Å². The minimum absolute atomic E-state index is 0.0968. The van der Waals surface area contributed by atoms with Crippen molar-refractivity contribution in [2.24, 2.45) is 0 Å². The van der Waals surface area contributed by atoms with E-state index in [0.717, 1.165) is 40.8 Å². The molecule has 2 aromatic rings. The highest BCUT2D eigenvalue weighted by Gasteiger charge is 2.46. The molecule has 4 heteroatoms. The Morgan fingerprint density at radius 3 is 2.07 bits per heavy atom. The quantitative estimate of drug-likeness (QED) is 0.583. The summed E-state index contributed by atoms with van der Waals surface area (Å²) in [5, 5.41) is 0. The Balaban J connectivity index is 1.59. The van der Waals surface area contributed by atoms with E-state index in [1.165, 1.54) is 0 Å². The predicted octanol–water partition coefficient (Wildman–Crippen LogP) is 4.01. The van der Waals surface area contributed by atoms with E-state index in [1.54, 1.807) is 0 Å². The average Bonchev–Trinajstić information content (AvgIpc) is 3.55. The zero-order chi connectivity index (χ0) is 19.8. The first kappa shape index (κ1) is 18.8. The summed E-state index contributed by atoms with van der Waals surface area (Å²) in [4.78, 5) is 13.5. The molecule has 2 aliphatic heterocycles. The second kappa shape index (κ2) is 7.10. The highest BCUT2D eigenvalue weighted by Crippen LogP contribution is 2.37. The number of rotatable bonds is 5. The van der Waals surface area contributed by atoms with Crippen molar-refractivity contribution < 1.29 is 18.8 Å². The molecule has 0 amide bonds. The predicted molar refractivity (Wildman–Crippen MR) is 108 cm³/mol. The van der Waals surface area contributed by atoms with Crippen LogP contribution >= 0.6 is 0 Å². The molecule has 2 atom stereocenters. The van der Waals surface area contributed by atoms with E-state index in [0.29, 0.717) is 0 Å². The molecule has 0 saturated carbocycles. The zero-order valence-corrected chi connectivity index (χ0v) is 16.8. The molecule has 2 aliphatic rings. The third-order valence-electron chi connectivity index (χ3n) is 6.32. The number of likely N-dealkylation sites (N-methyl/N-ethyl adjacent to an activating group) is 1. The molecule has 2 heterocycles. The summed E-state index contributed by atoms with van der Waals surface area (Å²) < 4.78 is 12.4. The van der Waals surface area contributed by atoms with Crippen molar-refractivity contribution in [1.29, 1.82) is 0 Å². The Bertz CT molecular complexity index is 834. The van der Waals surface area contributed by atoms with Gasteiger partial charge >= 0.3 is 5.97 Å². The van der Waals surface area contributed by atoms with Crippen LogP contribution in [0.15, 0.2) is 72.7 Å². The van der Waals surface area contributed by atoms with Crippen molar-refractivity contribution in [3.8, 4) is 0 Å². The van der Waals surface area contributed by atoms with Gasteiger partial charge in [-0.25, -0.2) is 0 Å². The van der Waals surface area contributed by atoms with Crippen LogP contribution in [0.5, 0.6) is 0 Å². The van der Waals surface area contributed by atoms with Gasteiger partial charge in [-0.05, 0) is 18.1 Å². The highest BCUT2D eigenvalue weighted by atomic mass is 16.6. The van der Waals surface area contributed by atoms with Crippen molar-refractivity contribution >= 4 is 5.97 Å². The van der Waals surface area contributed by atoms with Gasteiger partial charge in [0.2, 0.25) is 0 Å². The number of piperidine rings is 1. The Kier molecular flexibility index (Phi) is 4.76. The molecule has 0 aromatic heterocycles. The van der Waals surface area contributed by atoms with Crippen LogP contribution in [0, 0.1) is 0 Å². The number of likely N-dealkylation sites (tertiary alicyclic amines) is 1. The number of ether oxygens (including phenoxy) is 2. The first-order chi connectivity index (χ1) is 13.4. The van der Waals surface area contributed by atoms with Gasteiger partial charge in [-0.15, -0.1) is 0 Å². The number of quaternary nitrogens is 1. The van der Waals surface area contributed by atoms with Crippen molar-refractivity contribution in [2.45, 2.75) is 37.3 Å². The third kappa shape index (κ3) is 3.45. The van der Waals surface area contributed by atoms with Crippen LogP contribution in [0.3, 0.4) is 0 Å². The molecular weight excluding hydrogens is 350 g/mol. The van der Waals surface area contributed by atoms with Crippen LogP contribution in [-0.2, 0) is 19.7 Å². The van der Waals surface area contributed by atoms with E-state index >= 15 is 0 Å². The summed E-state index contributed by atoms with van der Waals surface area (Å²) in [6, 6.07) is 20.1. The summed E-state index contributed by atoms with van der Waals surface area (Å²) in [7, 11) is 4.42. The van der Waals surface area contributed by atoms with E-state index in [4.69, 9.17) is 9.47 Å². The lowest BCUT2D eigenvalue weighted by Gasteiger charge is -2.42. The number of esters is 1. The third-order valence-corrected chi connectivity index (χ3v) is 6.32. The fourth-order valence-electron chi connectivity index (χ4n) is 4.26. The normalized spacial score (nSPS) is 23.3. The lowest BCUT2D eigenvalue weighted by atomic mass is 9.76. The molecule has 0 bridgehead atoms. The van der Waals surface area contributed by atoms with E-state index in [-0.39, 0.29) is 18.1 Å². The van der Waals surface area contributed by atoms with Crippen molar-refractivity contribution in [2.75, 3.05) is 20.6 Å². The van der Waals surface area contributed by atoms with Crippen LogP contribution in [0.1, 0.15) is 30.9 Å². The first-order valence-electron chi connectivity index (χ1n) is 9.93. The Morgan fingerprint density at radius 2 is 1.57 bits per heavy atom. The fraction of sp³-hybridized carbons (Fsp3) is 0.375. The lowest BCUT2D eigenvalue weighted by Crippen LogP contribution is -2.56. The van der Waals surface area contributed by atoms with Gasteiger partial charge in [0.1, 0.15) is 17.8 Å². The smallest absolute Gasteiger partial charge is 0.321 e. The van der Waals surface area contributed by atoms with Crippen LogP contribution in [0.25, 0.3) is 0 Å². The summed E-state index contributed by atoms with van der Waals surface area (Å²) in [6.07, 6.45) is 3.37. The summed E-state index contributed by atoms with van der Waals surface area (Å²) in [5.74, 6) is 0.839. The zero-order valence-electron chi connectivity index (χ0n) is 16.8. The van der Waals surface area contributed by atoms with Crippen LogP contribution < -0.4 is 0 Å². The first-order valence-corrected chi connectivity index (χ1v) is 9.93. The minimum Gasteiger partial charge on any atom is -0.461 e. The number of hydrogen-bond donors (Lipinski definition) is 0. The van der Waals surface area contributed by atoms with Gasteiger partial charge in [0.15, 0.2) is 11.8 Å². The second-order valence-electron chi connectivity index (χ2n) is 8.56. The molecular formula is C24H28NO3+. The van der Waals surface area contributed by atoms with E-state index in [9.17, 15) is 4.79 Å². The fourth-order valence-corrected chi connectivity index (χ4v) is 4.26. The Hall–Kier alpha value is -2.59. The molecule has 0 aliphatic carbocycles. The molecule has 28 heavy (non-hydrogen) atoms. The van der Waals surface area contributed by atoms with Crippen molar-refractivity contribution in [3.63, 3.8) is 0 Å². The molecule has 1 unspecified atom stereocenters. The van der Waals surface area contributed by atoms with Gasteiger partial charge in [-0.1, -0.05) is 60.7 Å². The average molecular weight is 378 g/mol. The molecule has 2 aromatic carbocycles. The molecule has 4 nitrogen and oxygen atoms in total.